The molecule has 0 bridgehead atoms. The number of hydrogen-bond acceptors (Lipinski definition) is 13. The highest BCUT2D eigenvalue weighted by Crippen LogP contribution is 2.41. The molecule has 16 aromatic rings. The molecule has 0 aliphatic carbocycles. The van der Waals surface area contributed by atoms with Crippen LogP contribution < -0.4 is 0 Å². The fraction of sp³-hybridized carbons (Fsp3) is 0.422. The fourth-order valence-electron chi connectivity index (χ4n) is 16.0. The highest BCUT2D eigenvalue weighted by atomic mass is 32.1. The summed E-state index contributed by atoms with van der Waals surface area (Å²) < 4.78 is 28.6. The van der Waals surface area contributed by atoms with Gasteiger partial charge in [-0.2, -0.15) is 0 Å². The SMILES string of the molecule is Cc1nc2c(C)c(C)c(C)c(C)c2o1.Cc1nc2c(C)c(C)c(C)c(C)c2s1.Cc1nc2c(C)c(C)c(C)c(C)c2s1.Cc1nc2c(C)c(C)c(C)c(C)c2s1.Cc1nc2c(C)c(C)c(C)c(C)c2s1.Cc1oc2c(C)c(C)c(C)c(C)c2c1C.Cc1oc2c(C)c(C)c(C)c(C)c2c1C.Cc1oc2c(C)c(C)c(C)c(C)c2c1C. The first-order valence-corrected chi connectivity index (χ1v) is 43.8. The molecule has 16 rings (SSSR count). The van der Waals surface area contributed by atoms with E-state index in [2.05, 4.69) is 295 Å². The van der Waals surface area contributed by atoms with Crippen molar-refractivity contribution in [2.24, 2.45) is 0 Å². The molecule has 8 aromatic heterocycles. The van der Waals surface area contributed by atoms with Gasteiger partial charge < -0.3 is 17.7 Å². The van der Waals surface area contributed by atoms with Gasteiger partial charge in [-0.05, 0) is 486 Å². The number of nitrogens with zero attached hydrogens (tertiary/aromatic N) is 5. The molecule has 9 nitrogen and oxygen atoms in total. The van der Waals surface area contributed by atoms with E-state index in [0.717, 1.165) is 71.1 Å². The minimum Gasteiger partial charge on any atom is -0.461 e. The van der Waals surface area contributed by atoms with Crippen LogP contribution in [0.15, 0.2) is 17.7 Å². The molecule has 0 aliphatic rings. The van der Waals surface area contributed by atoms with E-state index in [1.165, 1.54) is 252 Å². The first-order valence-electron chi connectivity index (χ1n) is 40.5. The zero-order chi connectivity index (χ0) is 86.3. The Hall–Kier alpha value is -8.59. The Bertz CT molecular complexity index is 5520. The maximum atomic E-state index is 5.85. The van der Waals surface area contributed by atoms with Crippen molar-refractivity contribution in [2.75, 3.05) is 0 Å². The van der Waals surface area contributed by atoms with Gasteiger partial charge >= 0.3 is 0 Å². The number of thiazole rings is 4. The molecule has 115 heavy (non-hydrogen) atoms. The minimum absolute atomic E-state index is 0.746. The zero-order valence-corrected chi connectivity index (χ0v) is 81.3. The second-order valence-electron chi connectivity index (χ2n) is 33.0. The van der Waals surface area contributed by atoms with Crippen molar-refractivity contribution in [3.05, 3.63) is 238 Å². The molecular formula is C102H129N5O4S4. The van der Waals surface area contributed by atoms with Gasteiger partial charge in [0.25, 0.3) is 0 Å². The summed E-state index contributed by atoms with van der Waals surface area (Å²) in [4.78, 5) is 22.8. The number of oxazole rings is 1. The third-order valence-corrected chi connectivity index (χ3v) is 31.3. The largest absolute Gasteiger partial charge is 0.461 e. The highest BCUT2D eigenvalue weighted by molar-refractivity contribution is 7.19. The Morgan fingerprint density at radius 2 is 0.322 bits per heavy atom. The van der Waals surface area contributed by atoms with Crippen molar-refractivity contribution >= 4 is 130 Å². The van der Waals surface area contributed by atoms with Gasteiger partial charge in [0.05, 0.1) is 60.9 Å². The number of fused-ring (bicyclic) bond motifs is 8. The molecule has 0 N–H and O–H groups in total. The van der Waals surface area contributed by atoms with E-state index in [0.29, 0.717) is 0 Å². The Kier molecular flexibility index (Phi) is 27.4. The molecule has 0 unspecified atom stereocenters. The standard InChI is InChI=1S/3C14H18O.C12H15NO.4C12H15NS/c3*1-7-8(2)10(4)14-13(9(7)3)11(5)12(6)15-14;5*1-6-7(2)9(4)12-11(8(6)3)13-10(5)14-12/h3*1-6H3;5*1-5H3. The first-order chi connectivity index (χ1) is 53.4. The lowest BCUT2D eigenvalue weighted by Gasteiger charge is -2.10. The molecule has 0 saturated carbocycles. The summed E-state index contributed by atoms with van der Waals surface area (Å²) in [7, 11) is 0. The van der Waals surface area contributed by atoms with Crippen LogP contribution in [0.4, 0.5) is 0 Å². The van der Waals surface area contributed by atoms with Gasteiger partial charge in [0.2, 0.25) is 0 Å². The predicted molar refractivity (Wildman–Crippen MR) is 505 cm³/mol. The van der Waals surface area contributed by atoms with Crippen molar-refractivity contribution in [3.63, 3.8) is 0 Å². The average Bonchev–Trinajstić information content (AvgIpc) is 1.62. The van der Waals surface area contributed by atoms with Gasteiger partial charge in [-0.25, -0.2) is 24.9 Å². The van der Waals surface area contributed by atoms with E-state index < -0.39 is 0 Å². The summed E-state index contributed by atoms with van der Waals surface area (Å²) in [6.07, 6.45) is 0. The maximum absolute atomic E-state index is 5.85. The van der Waals surface area contributed by atoms with Crippen LogP contribution in [-0.4, -0.2) is 24.9 Å². The maximum Gasteiger partial charge on any atom is 0.192 e. The molecule has 0 radical (unpaired) electrons. The second kappa shape index (κ2) is 34.9. The summed E-state index contributed by atoms with van der Waals surface area (Å²) in [5.74, 6) is 3.87. The normalized spacial score (nSPS) is 11.3. The summed E-state index contributed by atoms with van der Waals surface area (Å²) >= 11 is 7.22. The lowest BCUT2D eigenvalue weighted by Crippen LogP contribution is -1.92. The number of hydrogen-bond donors (Lipinski definition) is 0. The van der Waals surface area contributed by atoms with Gasteiger partial charge in [-0.3, -0.25) is 0 Å². The number of furan rings is 3. The molecule has 8 heterocycles. The van der Waals surface area contributed by atoms with Crippen molar-refractivity contribution in [1.82, 2.24) is 24.9 Å². The van der Waals surface area contributed by atoms with E-state index in [1.807, 2.05) is 27.7 Å². The van der Waals surface area contributed by atoms with Crippen LogP contribution in [0, 0.1) is 298 Å². The molecule has 13 heteroatoms. The number of aromatic nitrogens is 5. The van der Waals surface area contributed by atoms with E-state index in [9.17, 15) is 0 Å². The highest BCUT2D eigenvalue weighted by Gasteiger charge is 2.22. The van der Waals surface area contributed by atoms with Gasteiger partial charge in [0, 0.05) is 23.1 Å². The summed E-state index contributed by atoms with van der Waals surface area (Å²) in [6.45, 7) is 92.3. The third-order valence-electron chi connectivity index (χ3n) is 27.0. The van der Waals surface area contributed by atoms with Crippen LogP contribution in [0.25, 0.3) is 84.9 Å². The van der Waals surface area contributed by atoms with Crippen LogP contribution in [0.5, 0.6) is 0 Å². The van der Waals surface area contributed by atoms with Crippen molar-refractivity contribution in [2.45, 2.75) is 298 Å². The van der Waals surface area contributed by atoms with E-state index >= 15 is 0 Å². The molecule has 8 aromatic carbocycles. The van der Waals surface area contributed by atoms with Crippen LogP contribution in [0.3, 0.4) is 0 Å². The summed E-state index contributed by atoms with van der Waals surface area (Å²) in [5.41, 5.74) is 57.3. The Labute approximate surface area is 703 Å². The van der Waals surface area contributed by atoms with Crippen molar-refractivity contribution < 1.29 is 17.7 Å². The van der Waals surface area contributed by atoms with E-state index in [1.54, 1.807) is 45.3 Å². The van der Waals surface area contributed by atoms with Gasteiger partial charge in [-0.1, -0.05) is 0 Å². The number of aryl methyl sites for hydroxylation is 27. The molecule has 0 atom stereocenters. The second-order valence-corrected chi connectivity index (χ2v) is 37.8. The Morgan fingerprint density at radius 3 is 0.539 bits per heavy atom. The lowest BCUT2D eigenvalue weighted by atomic mass is 9.94. The van der Waals surface area contributed by atoms with Crippen LogP contribution in [0.2, 0.25) is 0 Å². The predicted octanol–water partition coefficient (Wildman–Crippen LogP) is 31.6. The first kappa shape index (κ1) is 90.3. The summed E-state index contributed by atoms with van der Waals surface area (Å²) in [6, 6.07) is 0. The van der Waals surface area contributed by atoms with Crippen molar-refractivity contribution in [3.8, 4) is 0 Å². The lowest BCUT2D eigenvalue weighted by molar-refractivity contribution is 0.559. The fourth-order valence-corrected chi connectivity index (χ4v) is 20.2. The van der Waals surface area contributed by atoms with Gasteiger partial charge in [-0.15, -0.1) is 45.3 Å². The van der Waals surface area contributed by atoms with Crippen LogP contribution in [-0.2, 0) is 0 Å². The quantitative estimate of drug-likeness (QED) is 0.146. The third kappa shape index (κ3) is 16.8. The van der Waals surface area contributed by atoms with Gasteiger partial charge in [0.1, 0.15) is 39.5 Å². The Morgan fingerprint density at radius 1 is 0.148 bits per heavy atom. The molecule has 0 spiro atoms. The molecule has 610 valence electrons. The van der Waals surface area contributed by atoms with E-state index in [4.69, 9.17) is 17.7 Å². The van der Waals surface area contributed by atoms with Gasteiger partial charge in [0.15, 0.2) is 11.5 Å². The van der Waals surface area contributed by atoms with E-state index in [-0.39, 0.29) is 0 Å². The Balaban J connectivity index is 0.000000150. The molecule has 0 amide bonds. The number of benzene rings is 8. The average molecular weight is 1620 g/mol. The van der Waals surface area contributed by atoms with Crippen molar-refractivity contribution in [1.29, 1.82) is 0 Å². The molecule has 0 aliphatic heterocycles. The molecule has 0 fully saturated rings. The molecule has 0 saturated heterocycles. The van der Waals surface area contributed by atoms with Crippen LogP contribution >= 0.6 is 45.3 Å². The number of rotatable bonds is 0. The van der Waals surface area contributed by atoms with Crippen LogP contribution in [0.1, 0.15) is 238 Å². The zero-order valence-electron chi connectivity index (χ0n) is 78.0. The monoisotopic (exact) mass is 1620 g/mol. The topological polar surface area (TPSA) is 117 Å². The minimum atomic E-state index is 0.746. The molecular weight excluding hydrogens is 1490 g/mol. The smallest absolute Gasteiger partial charge is 0.192 e. The summed E-state index contributed by atoms with van der Waals surface area (Å²) in [5, 5.41) is 8.59.